The number of thiazole rings is 1. The molecule has 34 heavy (non-hydrogen) atoms. The summed E-state index contributed by atoms with van der Waals surface area (Å²) in [6, 6.07) is 9.40. The van der Waals surface area contributed by atoms with E-state index in [9.17, 15) is 9.59 Å². The number of fused-ring (bicyclic) bond motifs is 1. The summed E-state index contributed by atoms with van der Waals surface area (Å²) in [7, 11) is 3.61. The minimum Gasteiger partial charge on any atom is -0.457 e. The first-order valence-electron chi connectivity index (χ1n) is 11.4. The molecule has 3 heterocycles. The van der Waals surface area contributed by atoms with Crippen LogP contribution in [0.25, 0.3) is 10.2 Å². The summed E-state index contributed by atoms with van der Waals surface area (Å²) in [5.41, 5.74) is 1.19. The normalized spacial score (nSPS) is 15.9. The molecule has 3 amide bonds. The van der Waals surface area contributed by atoms with Crippen LogP contribution in [0.5, 0.6) is 11.5 Å². The lowest BCUT2D eigenvalue weighted by atomic mass is 10.1. The summed E-state index contributed by atoms with van der Waals surface area (Å²) in [4.78, 5) is 37.2. The Balaban J connectivity index is 1.47. The predicted octanol–water partition coefficient (Wildman–Crippen LogP) is 3.86. The highest BCUT2D eigenvalue weighted by atomic mass is 32.1. The molecule has 3 aromatic rings. The van der Waals surface area contributed by atoms with Gasteiger partial charge in [-0.15, -0.1) is 0 Å². The van der Waals surface area contributed by atoms with Gasteiger partial charge in [-0.3, -0.25) is 9.78 Å². The van der Waals surface area contributed by atoms with Gasteiger partial charge in [0.25, 0.3) is 5.91 Å². The Morgan fingerprint density at radius 1 is 1.24 bits per heavy atom. The molecule has 10 heteroatoms. The maximum absolute atomic E-state index is 12.5. The molecule has 1 aromatic carbocycles. The van der Waals surface area contributed by atoms with Crippen molar-refractivity contribution in [1.82, 2.24) is 25.5 Å². The van der Waals surface area contributed by atoms with E-state index in [1.807, 2.05) is 44.0 Å². The van der Waals surface area contributed by atoms with E-state index in [0.29, 0.717) is 23.7 Å². The van der Waals surface area contributed by atoms with Crippen molar-refractivity contribution < 1.29 is 14.3 Å². The zero-order valence-corrected chi connectivity index (χ0v) is 20.7. The molecule has 1 aliphatic rings. The predicted molar refractivity (Wildman–Crippen MR) is 134 cm³/mol. The number of nitrogens with one attached hydrogen (secondary N) is 2. The van der Waals surface area contributed by atoms with E-state index in [1.54, 1.807) is 36.7 Å². The summed E-state index contributed by atoms with van der Waals surface area (Å²) in [6.45, 7) is 5.40. The van der Waals surface area contributed by atoms with Crippen molar-refractivity contribution in [2.24, 2.45) is 0 Å². The third-order valence-corrected chi connectivity index (χ3v) is 6.83. The monoisotopic (exact) mass is 482 g/mol. The smallest absolute Gasteiger partial charge is 0.317 e. The van der Waals surface area contributed by atoms with Crippen molar-refractivity contribution in [3.05, 3.63) is 42.2 Å². The van der Waals surface area contributed by atoms with Crippen LogP contribution < -0.4 is 20.3 Å². The molecule has 4 rings (SSSR count). The van der Waals surface area contributed by atoms with Crippen LogP contribution in [-0.4, -0.2) is 66.1 Å². The number of hydrogen-bond acceptors (Lipinski definition) is 7. The number of hydrogen-bond donors (Lipinski definition) is 2. The number of urea groups is 1. The second-order valence-corrected chi connectivity index (χ2v) is 9.65. The van der Waals surface area contributed by atoms with Crippen LogP contribution in [0.3, 0.4) is 0 Å². The first-order valence-corrected chi connectivity index (χ1v) is 12.2. The number of pyridine rings is 1. The van der Waals surface area contributed by atoms with Crippen molar-refractivity contribution in [3.63, 3.8) is 0 Å². The van der Waals surface area contributed by atoms with Gasteiger partial charge in [0.1, 0.15) is 17.2 Å². The molecule has 1 unspecified atom stereocenters. The van der Waals surface area contributed by atoms with Gasteiger partial charge in [-0.2, -0.15) is 0 Å². The van der Waals surface area contributed by atoms with E-state index in [0.717, 1.165) is 34.7 Å². The maximum Gasteiger partial charge on any atom is 0.317 e. The largest absolute Gasteiger partial charge is 0.457 e. The first kappa shape index (κ1) is 23.7. The number of carbonyl (C=O) groups is 2. The van der Waals surface area contributed by atoms with Gasteiger partial charge in [0.05, 0.1) is 10.2 Å². The van der Waals surface area contributed by atoms with Crippen molar-refractivity contribution >= 4 is 38.6 Å². The number of carbonyl (C=O) groups excluding carboxylic acids is 2. The summed E-state index contributed by atoms with van der Waals surface area (Å²) < 4.78 is 6.98. The molecule has 1 saturated heterocycles. The quantitative estimate of drug-likeness (QED) is 0.553. The molecule has 0 aliphatic carbocycles. The first-order chi connectivity index (χ1) is 16.3. The van der Waals surface area contributed by atoms with Gasteiger partial charge < -0.3 is 25.2 Å². The number of rotatable bonds is 6. The molecule has 1 atom stereocenters. The van der Waals surface area contributed by atoms with Crippen LogP contribution in [0.4, 0.5) is 9.93 Å². The Hall–Kier alpha value is -3.40. The zero-order valence-electron chi connectivity index (χ0n) is 19.9. The standard InChI is InChI=1S/C24H30N6O3S/c1-15(2)27-23(32)30-11-5-6-16(14-30)29(4)24-28-19-8-7-17(13-21(19)34-24)33-18-9-10-26-20(12-18)22(31)25-3/h7-10,12-13,15-16H,5-6,11,14H2,1-4H3,(H,25,31)(H,27,32). The van der Waals surface area contributed by atoms with Crippen molar-refractivity contribution in [3.8, 4) is 11.5 Å². The molecule has 9 nitrogen and oxygen atoms in total. The van der Waals surface area contributed by atoms with Gasteiger partial charge in [0.15, 0.2) is 5.13 Å². The molecule has 0 spiro atoms. The molecule has 180 valence electrons. The number of benzene rings is 1. The van der Waals surface area contributed by atoms with E-state index >= 15 is 0 Å². The van der Waals surface area contributed by atoms with Crippen molar-refractivity contribution in [1.29, 1.82) is 0 Å². The third kappa shape index (κ3) is 5.39. The van der Waals surface area contributed by atoms with Crippen LogP contribution in [0, 0.1) is 0 Å². The van der Waals surface area contributed by atoms with Gasteiger partial charge in [0.2, 0.25) is 0 Å². The number of piperidine rings is 1. The topological polar surface area (TPSA) is 99.7 Å². The molecule has 1 aliphatic heterocycles. The Labute approximate surface area is 203 Å². The number of likely N-dealkylation sites (tertiary alicyclic amines) is 1. The van der Waals surface area contributed by atoms with E-state index in [2.05, 4.69) is 20.5 Å². The Morgan fingerprint density at radius 3 is 2.79 bits per heavy atom. The minimum atomic E-state index is -0.265. The highest BCUT2D eigenvalue weighted by molar-refractivity contribution is 7.22. The van der Waals surface area contributed by atoms with E-state index in [-0.39, 0.29) is 24.0 Å². The van der Waals surface area contributed by atoms with Crippen LogP contribution in [-0.2, 0) is 0 Å². The second kappa shape index (κ2) is 10.3. The van der Waals surface area contributed by atoms with E-state index < -0.39 is 0 Å². The number of ether oxygens (including phenoxy) is 1. The maximum atomic E-state index is 12.5. The summed E-state index contributed by atoms with van der Waals surface area (Å²) in [6.07, 6.45) is 3.53. The van der Waals surface area contributed by atoms with Gasteiger partial charge in [-0.1, -0.05) is 11.3 Å². The number of amides is 3. The fraction of sp³-hybridized carbons (Fsp3) is 0.417. The number of likely N-dealkylation sites (N-methyl/N-ethyl adjacent to an activating group) is 1. The molecule has 0 radical (unpaired) electrons. The summed E-state index contributed by atoms with van der Waals surface area (Å²) in [5, 5.41) is 6.46. The fourth-order valence-corrected chi connectivity index (χ4v) is 4.95. The average Bonchev–Trinajstić information content (AvgIpc) is 3.26. The highest BCUT2D eigenvalue weighted by Gasteiger charge is 2.28. The van der Waals surface area contributed by atoms with Crippen LogP contribution in [0.2, 0.25) is 0 Å². The third-order valence-electron chi connectivity index (χ3n) is 5.72. The zero-order chi connectivity index (χ0) is 24.2. The Kier molecular flexibility index (Phi) is 7.16. The lowest BCUT2D eigenvalue weighted by molar-refractivity contribution is 0.0957. The van der Waals surface area contributed by atoms with Gasteiger partial charge >= 0.3 is 6.03 Å². The lowest BCUT2D eigenvalue weighted by Crippen LogP contribution is -2.52. The van der Waals surface area contributed by atoms with E-state index in [4.69, 9.17) is 9.72 Å². The average molecular weight is 483 g/mol. The fourth-order valence-electron chi connectivity index (χ4n) is 3.92. The highest BCUT2D eigenvalue weighted by Crippen LogP contribution is 2.34. The number of anilines is 1. The Bertz CT molecular complexity index is 1180. The van der Waals surface area contributed by atoms with Crippen molar-refractivity contribution in [2.45, 2.75) is 38.8 Å². The Morgan fingerprint density at radius 2 is 2.03 bits per heavy atom. The second-order valence-electron chi connectivity index (χ2n) is 8.64. The van der Waals surface area contributed by atoms with E-state index in [1.165, 1.54) is 0 Å². The molecule has 2 aromatic heterocycles. The molecule has 2 N–H and O–H groups in total. The van der Waals surface area contributed by atoms with Crippen LogP contribution >= 0.6 is 11.3 Å². The number of nitrogens with zero attached hydrogens (tertiary/aromatic N) is 4. The lowest BCUT2D eigenvalue weighted by Gasteiger charge is -2.37. The molecule has 1 fully saturated rings. The SMILES string of the molecule is CNC(=O)c1cc(Oc2ccc3nc(N(C)C4CCCN(C(=O)NC(C)C)C4)sc3c2)ccn1. The summed E-state index contributed by atoms with van der Waals surface area (Å²) >= 11 is 1.59. The van der Waals surface area contributed by atoms with Gasteiger partial charge in [0, 0.05) is 57.6 Å². The molecule has 0 saturated carbocycles. The van der Waals surface area contributed by atoms with Crippen molar-refractivity contribution in [2.75, 3.05) is 32.1 Å². The van der Waals surface area contributed by atoms with Crippen LogP contribution in [0.15, 0.2) is 36.5 Å². The van der Waals surface area contributed by atoms with Gasteiger partial charge in [-0.05, 0) is 44.9 Å². The van der Waals surface area contributed by atoms with Crippen LogP contribution in [0.1, 0.15) is 37.2 Å². The molecule has 0 bridgehead atoms. The minimum absolute atomic E-state index is 0.00474. The summed E-state index contributed by atoms with van der Waals surface area (Å²) in [5.74, 6) is 0.935. The van der Waals surface area contributed by atoms with Gasteiger partial charge in [-0.25, -0.2) is 9.78 Å². The molecular formula is C24H30N6O3S. The molecular weight excluding hydrogens is 452 g/mol. The number of aromatic nitrogens is 2.